The van der Waals surface area contributed by atoms with Crippen LogP contribution in [0.5, 0.6) is 0 Å². The van der Waals surface area contributed by atoms with Crippen molar-refractivity contribution in [2.24, 2.45) is 0 Å². The highest BCUT2D eigenvalue weighted by Gasteiger charge is 2.27. The molecule has 0 heterocycles. The first-order chi connectivity index (χ1) is 7.43. The number of carboxylic acids is 1. The van der Waals surface area contributed by atoms with E-state index in [1.165, 1.54) is 0 Å². The predicted molar refractivity (Wildman–Crippen MR) is 57.6 cm³/mol. The lowest BCUT2D eigenvalue weighted by Gasteiger charge is -2.25. The van der Waals surface area contributed by atoms with E-state index in [4.69, 9.17) is 9.84 Å². The van der Waals surface area contributed by atoms with E-state index in [2.05, 4.69) is 0 Å². The molecule has 0 rings (SSSR count). The van der Waals surface area contributed by atoms with E-state index < -0.39 is 17.7 Å². The maximum atomic E-state index is 11.2. The standard InChI is InChI=1S/C11H18O5/c1-3-5-8-11(15,4-2)16-10(14)7-6-9(12)13/h6-7,15H,3-5,8H2,1-2H3,(H,12,13). The van der Waals surface area contributed by atoms with Crippen LogP contribution in [0.4, 0.5) is 0 Å². The summed E-state index contributed by atoms with van der Waals surface area (Å²) in [7, 11) is 0. The van der Waals surface area contributed by atoms with Gasteiger partial charge in [-0.2, -0.15) is 0 Å². The number of hydrogen-bond acceptors (Lipinski definition) is 4. The number of aliphatic carboxylic acids is 1. The molecule has 0 aliphatic rings. The Bertz CT molecular complexity index is 272. The van der Waals surface area contributed by atoms with Crippen LogP contribution >= 0.6 is 0 Å². The van der Waals surface area contributed by atoms with Gasteiger partial charge in [-0.25, -0.2) is 9.59 Å². The van der Waals surface area contributed by atoms with Crippen molar-refractivity contribution in [1.29, 1.82) is 0 Å². The summed E-state index contributed by atoms with van der Waals surface area (Å²) in [5.74, 6) is -3.57. The third-order valence-corrected chi connectivity index (χ3v) is 2.13. The molecular weight excluding hydrogens is 212 g/mol. The first-order valence-corrected chi connectivity index (χ1v) is 5.30. The highest BCUT2D eigenvalue weighted by molar-refractivity contribution is 5.90. The van der Waals surface area contributed by atoms with Gasteiger partial charge in [0.2, 0.25) is 5.79 Å². The summed E-state index contributed by atoms with van der Waals surface area (Å²) in [5.41, 5.74) is 0. The summed E-state index contributed by atoms with van der Waals surface area (Å²) in [6, 6.07) is 0. The molecule has 0 aromatic carbocycles. The van der Waals surface area contributed by atoms with Crippen molar-refractivity contribution in [1.82, 2.24) is 0 Å². The Balaban J connectivity index is 4.30. The van der Waals surface area contributed by atoms with E-state index in [0.717, 1.165) is 18.9 Å². The second kappa shape index (κ2) is 7.00. The van der Waals surface area contributed by atoms with Crippen molar-refractivity contribution in [3.8, 4) is 0 Å². The molecule has 0 aromatic rings. The number of carbonyl (C=O) groups is 2. The molecule has 5 nitrogen and oxygen atoms in total. The first kappa shape index (κ1) is 14.6. The van der Waals surface area contributed by atoms with Gasteiger partial charge < -0.3 is 14.9 Å². The van der Waals surface area contributed by atoms with Crippen molar-refractivity contribution in [2.75, 3.05) is 0 Å². The summed E-state index contributed by atoms with van der Waals surface area (Å²) >= 11 is 0. The van der Waals surface area contributed by atoms with Crippen molar-refractivity contribution >= 4 is 11.9 Å². The van der Waals surface area contributed by atoms with Gasteiger partial charge in [-0.15, -0.1) is 0 Å². The molecule has 5 heteroatoms. The van der Waals surface area contributed by atoms with Crippen molar-refractivity contribution in [3.05, 3.63) is 12.2 Å². The first-order valence-electron chi connectivity index (χ1n) is 5.30. The van der Waals surface area contributed by atoms with Crippen LogP contribution in [0, 0.1) is 0 Å². The van der Waals surface area contributed by atoms with Gasteiger partial charge in [-0.1, -0.05) is 20.3 Å². The molecule has 0 aliphatic heterocycles. The fourth-order valence-electron chi connectivity index (χ4n) is 1.11. The van der Waals surface area contributed by atoms with Gasteiger partial charge in [0.05, 0.1) is 0 Å². The number of carbonyl (C=O) groups excluding carboxylic acids is 1. The van der Waals surface area contributed by atoms with E-state index in [1.54, 1.807) is 6.92 Å². The van der Waals surface area contributed by atoms with Crippen molar-refractivity contribution < 1.29 is 24.5 Å². The SMILES string of the molecule is CCCCC(O)(CC)OC(=O)C=CC(=O)O. The minimum absolute atomic E-state index is 0.277. The highest BCUT2D eigenvalue weighted by atomic mass is 16.7. The second-order valence-corrected chi connectivity index (χ2v) is 3.50. The highest BCUT2D eigenvalue weighted by Crippen LogP contribution is 2.20. The summed E-state index contributed by atoms with van der Waals surface area (Å²) in [6.07, 6.45) is 3.71. The maximum absolute atomic E-state index is 11.2. The molecule has 0 radical (unpaired) electrons. The molecule has 92 valence electrons. The minimum Gasteiger partial charge on any atom is -0.478 e. The van der Waals surface area contributed by atoms with Gasteiger partial charge in [0.1, 0.15) is 0 Å². The fourth-order valence-corrected chi connectivity index (χ4v) is 1.11. The lowest BCUT2D eigenvalue weighted by Crippen LogP contribution is -2.33. The van der Waals surface area contributed by atoms with E-state index in [1.807, 2.05) is 6.92 Å². The Labute approximate surface area is 94.7 Å². The number of esters is 1. The van der Waals surface area contributed by atoms with Crippen molar-refractivity contribution in [3.63, 3.8) is 0 Å². The zero-order valence-corrected chi connectivity index (χ0v) is 9.60. The summed E-state index contributed by atoms with van der Waals surface area (Å²) in [6.45, 7) is 3.66. The largest absolute Gasteiger partial charge is 0.478 e. The average molecular weight is 230 g/mol. The van der Waals surface area contributed by atoms with Crippen LogP contribution in [-0.2, 0) is 14.3 Å². The van der Waals surface area contributed by atoms with Gasteiger partial charge in [0.25, 0.3) is 0 Å². The molecule has 0 fully saturated rings. The zero-order valence-electron chi connectivity index (χ0n) is 9.60. The molecule has 1 atom stereocenters. The number of hydrogen-bond donors (Lipinski definition) is 2. The Morgan fingerprint density at radius 3 is 2.38 bits per heavy atom. The van der Waals surface area contributed by atoms with E-state index in [0.29, 0.717) is 12.5 Å². The third kappa shape index (κ3) is 6.19. The molecule has 0 aromatic heterocycles. The molecule has 0 saturated carbocycles. The normalized spacial score (nSPS) is 14.7. The Kier molecular flexibility index (Phi) is 6.41. The molecule has 0 amide bonds. The van der Waals surface area contributed by atoms with E-state index in [9.17, 15) is 14.7 Å². The van der Waals surface area contributed by atoms with Crippen LogP contribution in [0.2, 0.25) is 0 Å². The predicted octanol–water partition coefficient (Wildman–Crippen LogP) is 1.46. The van der Waals surface area contributed by atoms with Crippen LogP contribution in [0.15, 0.2) is 12.2 Å². The fraction of sp³-hybridized carbons (Fsp3) is 0.636. The number of aliphatic hydroxyl groups is 1. The monoisotopic (exact) mass is 230 g/mol. The Hall–Kier alpha value is -1.36. The smallest absolute Gasteiger partial charge is 0.333 e. The van der Waals surface area contributed by atoms with E-state index >= 15 is 0 Å². The Morgan fingerprint density at radius 2 is 1.94 bits per heavy atom. The van der Waals surface area contributed by atoms with Gasteiger partial charge >= 0.3 is 11.9 Å². The van der Waals surface area contributed by atoms with E-state index in [-0.39, 0.29) is 6.42 Å². The van der Waals surface area contributed by atoms with Gasteiger partial charge in [-0.3, -0.25) is 0 Å². The van der Waals surface area contributed by atoms with Crippen LogP contribution in [0.1, 0.15) is 39.5 Å². The number of carboxylic acid groups (broad SMARTS) is 1. The quantitative estimate of drug-likeness (QED) is 0.393. The number of rotatable bonds is 7. The van der Waals surface area contributed by atoms with Crippen LogP contribution in [0.3, 0.4) is 0 Å². The number of unbranched alkanes of at least 4 members (excludes halogenated alkanes) is 1. The molecule has 0 aliphatic carbocycles. The van der Waals surface area contributed by atoms with Crippen LogP contribution < -0.4 is 0 Å². The van der Waals surface area contributed by atoms with Gasteiger partial charge in [-0.05, 0) is 6.42 Å². The molecular formula is C11H18O5. The van der Waals surface area contributed by atoms with Crippen LogP contribution in [0.25, 0.3) is 0 Å². The second-order valence-electron chi connectivity index (χ2n) is 3.50. The summed E-state index contributed by atoms with van der Waals surface area (Å²) in [5, 5.41) is 18.2. The summed E-state index contributed by atoms with van der Waals surface area (Å²) < 4.78 is 4.81. The molecule has 0 bridgehead atoms. The zero-order chi connectivity index (χ0) is 12.6. The summed E-state index contributed by atoms with van der Waals surface area (Å²) in [4.78, 5) is 21.3. The van der Waals surface area contributed by atoms with Gasteiger partial charge in [0, 0.05) is 25.0 Å². The average Bonchev–Trinajstić information content (AvgIpc) is 2.23. The topological polar surface area (TPSA) is 83.8 Å². The number of ether oxygens (including phenoxy) is 1. The molecule has 16 heavy (non-hydrogen) atoms. The maximum Gasteiger partial charge on any atom is 0.333 e. The molecule has 0 spiro atoms. The lowest BCUT2D eigenvalue weighted by atomic mass is 10.1. The third-order valence-electron chi connectivity index (χ3n) is 2.13. The molecule has 2 N–H and O–H groups in total. The van der Waals surface area contributed by atoms with Gasteiger partial charge in [0.15, 0.2) is 0 Å². The molecule has 1 unspecified atom stereocenters. The van der Waals surface area contributed by atoms with Crippen LogP contribution in [-0.4, -0.2) is 27.9 Å². The lowest BCUT2D eigenvalue weighted by molar-refractivity contribution is -0.208. The Morgan fingerprint density at radius 1 is 1.31 bits per heavy atom. The molecule has 0 saturated heterocycles. The minimum atomic E-state index is -1.49. The van der Waals surface area contributed by atoms with Crippen molar-refractivity contribution in [2.45, 2.75) is 45.3 Å².